The number of aromatic nitrogens is 2. The Morgan fingerprint density at radius 3 is 2.74 bits per heavy atom. The molecule has 0 aromatic carbocycles. The van der Waals surface area contributed by atoms with E-state index in [-0.39, 0.29) is 24.2 Å². The summed E-state index contributed by atoms with van der Waals surface area (Å²) in [5.74, 6) is -0.893. The Morgan fingerprint density at radius 2 is 2.05 bits per heavy atom. The van der Waals surface area contributed by atoms with Gasteiger partial charge in [-0.1, -0.05) is 19.3 Å². The van der Waals surface area contributed by atoms with Crippen molar-refractivity contribution in [3.05, 3.63) is 24.3 Å². The van der Waals surface area contributed by atoms with E-state index in [2.05, 4.69) is 15.3 Å². The largest absolute Gasteiger partial charge is 0.451 e. The summed E-state index contributed by atoms with van der Waals surface area (Å²) in [7, 11) is 0. The molecule has 0 atom stereocenters. The van der Waals surface area contributed by atoms with Gasteiger partial charge in [-0.15, -0.1) is 0 Å². The highest BCUT2D eigenvalue weighted by Crippen LogP contribution is 2.17. The minimum absolute atomic E-state index is 0.105. The first kappa shape index (κ1) is 13.5. The molecule has 0 unspecified atom stereocenters. The summed E-state index contributed by atoms with van der Waals surface area (Å²) >= 11 is 0. The summed E-state index contributed by atoms with van der Waals surface area (Å²) in [6.45, 7) is -0.272. The van der Waals surface area contributed by atoms with Crippen molar-refractivity contribution in [1.29, 1.82) is 0 Å². The summed E-state index contributed by atoms with van der Waals surface area (Å²) in [4.78, 5) is 30.7. The van der Waals surface area contributed by atoms with Crippen molar-refractivity contribution in [2.45, 2.75) is 38.1 Å². The van der Waals surface area contributed by atoms with Gasteiger partial charge < -0.3 is 10.1 Å². The van der Waals surface area contributed by atoms with Gasteiger partial charge in [0.15, 0.2) is 12.3 Å². The van der Waals surface area contributed by atoms with Crippen molar-refractivity contribution in [2.24, 2.45) is 0 Å². The van der Waals surface area contributed by atoms with Gasteiger partial charge in [0.2, 0.25) is 0 Å². The second-order valence-electron chi connectivity index (χ2n) is 4.57. The number of nitrogens with one attached hydrogen (secondary N) is 1. The molecule has 2 rings (SSSR count). The predicted octanol–water partition coefficient (Wildman–Crippen LogP) is 1.08. The number of nitrogens with zero attached hydrogens (tertiary/aromatic N) is 2. The lowest BCUT2D eigenvalue weighted by Crippen LogP contribution is -2.38. The summed E-state index contributed by atoms with van der Waals surface area (Å²) in [6.07, 6.45) is 9.70. The third-order valence-corrected chi connectivity index (χ3v) is 3.08. The minimum Gasteiger partial charge on any atom is -0.451 e. The van der Waals surface area contributed by atoms with Gasteiger partial charge in [-0.3, -0.25) is 9.78 Å². The maximum absolute atomic E-state index is 11.6. The fraction of sp³-hybridized carbons (Fsp3) is 0.538. The molecule has 1 amide bonds. The van der Waals surface area contributed by atoms with E-state index in [4.69, 9.17) is 4.74 Å². The molecule has 102 valence electrons. The fourth-order valence-corrected chi connectivity index (χ4v) is 2.13. The molecule has 0 saturated heterocycles. The first-order valence-corrected chi connectivity index (χ1v) is 6.48. The van der Waals surface area contributed by atoms with Gasteiger partial charge in [0.05, 0.1) is 6.20 Å². The van der Waals surface area contributed by atoms with Gasteiger partial charge >= 0.3 is 5.97 Å². The van der Waals surface area contributed by atoms with Crippen LogP contribution in [0.5, 0.6) is 0 Å². The van der Waals surface area contributed by atoms with Crippen LogP contribution in [0.1, 0.15) is 42.6 Å². The van der Waals surface area contributed by atoms with Gasteiger partial charge in [0.1, 0.15) is 0 Å². The number of amides is 1. The van der Waals surface area contributed by atoms with E-state index in [0.29, 0.717) is 0 Å². The number of ether oxygens (including phenoxy) is 1. The summed E-state index contributed by atoms with van der Waals surface area (Å²) in [6, 6.07) is 0.219. The predicted molar refractivity (Wildman–Crippen MR) is 67.3 cm³/mol. The first-order valence-electron chi connectivity index (χ1n) is 6.48. The molecule has 1 aliphatic rings. The Balaban J connectivity index is 1.72. The summed E-state index contributed by atoms with van der Waals surface area (Å²) in [5.41, 5.74) is 0.105. The van der Waals surface area contributed by atoms with Crippen LogP contribution in [0.2, 0.25) is 0 Å². The van der Waals surface area contributed by atoms with Crippen LogP contribution in [-0.2, 0) is 9.53 Å². The molecule has 1 N–H and O–H groups in total. The zero-order valence-electron chi connectivity index (χ0n) is 10.7. The number of carbonyl (C=O) groups is 2. The summed E-state index contributed by atoms with van der Waals surface area (Å²) < 4.78 is 4.88. The number of hydrogen-bond donors (Lipinski definition) is 1. The Hall–Kier alpha value is -1.98. The first-order chi connectivity index (χ1) is 9.25. The molecule has 1 aromatic rings. The van der Waals surface area contributed by atoms with Gasteiger partial charge in [0, 0.05) is 18.4 Å². The third kappa shape index (κ3) is 4.31. The topological polar surface area (TPSA) is 81.2 Å². The van der Waals surface area contributed by atoms with Crippen molar-refractivity contribution in [3.8, 4) is 0 Å². The van der Waals surface area contributed by atoms with Crippen LogP contribution in [0, 0.1) is 0 Å². The van der Waals surface area contributed by atoms with E-state index >= 15 is 0 Å². The fourth-order valence-electron chi connectivity index (χ4n) is 2.13. The highest BCUT2D eigenvalue weighted by molar-refractivity contribution is 5.89. The number of carbonyl (C=O) groups excluding carboxylic acids is 2. The SMILES string of the molecule is O=C(COC(=O)c1cnccn1)NC1CCCCC1. The zero-order chi connectivity index (χ0) is 13.5. The zero-order valence-corrected chi connectivity index (χ0v) is 10.7. The molecule has 6 heteroatoms. The van der Waals surface area contributed by atoms with Gasteiger partial charge in [-0.2, -0.15) is 0 Å². The standard InChI is InChI=1S/C13H17N3O3/c17-12(16-10-4-2-1-3-5-10)9-19-13(18)11-8-14-6-7-15-11/h6-8,10H,1-5,9H2,(H,16,17). The van der Waals surface area contributed by atoms with Crippen LogP contribution in [0.4, 0.5) is 0 Å². The maximum Gasteiger partial charge on any atom is 0.359 e. The lowest BCUT2D eigenvalue weighted by molar-refractivity contribution is -0.125. The van der Waals surface area contributed by atoms with Crippen molar-refractivity contribution < 1.29 is 14.3 Å². The second-order valence-corrected chi connectivity index (χ2v) is 4.57. The second kappa shape index (κ2) is 6.82. The molecule has 6 nitrogen and oxygen atoms in total. The molecule has 0 spiro atoms. The van der Waals surface area contributed by atoms with Crippen LogP contribution in [0.15, 0.2) is 18.6 Å². The molecule has 0 radical (unpaired) electrons. The van der Waals surface area contributed by atoms with E-state index < -0.39 is 5.97 Å². The number of hydrogen-bond acceptors (Lipinski definition) is 5. The number of esters is 1. The molecule has 1 fully saturated rings. The monoisotopic (exact) mass is 263 g/mol. The van der Waals surface area contributed by atoms with Gasteiger partial charge in [-0.25, -0.2) is 9.78 Å². The average Bonchev–Trinajstić information content (AvgIpc) is 2.47. The smallest absolute Gasteiger partial charge is 0.359 e. The molecule has 1 aliphatic carbocycles. The van der Waals surface area contributed by atoms with E-state index in [0.717, 1.165) is 25.7 Å². The van der Waals surface area contributed by atoms with Crippen LogP contribution < -0.4 is 5.32 Å². The Morgan fingerprint density at radius 1 is 1.26 bits per heavy atom. The van der Waals surface area contributed by atoms with E-state index in [1.165, 1.54) is 25.0 Å². The minimum atomic E-state index is -0.633. The Kier molecular flexibility index (Phi) is 4.83. The molecule has 1 heterocycles. The van der Waals surface area contributed by atoms with Gasteiger partial charge in [-0.05, 0) is 12.8 Å². The molecule has 1 saturated carbocycles. The van der Waals surface area contributed by atoms with Crippen LogP contribution in [-0.4, -0.2) is 34.5 Å². The Bertz CT molecular complexity index is 430. The normalized spacial score (nSPS) is 15.8. The van der Waals surface area contributed by atoms with E-state index in [9.17, 15) is 9.59 Å². The van der Waals surface area contributed by atoms with Crippen molar-refractivity contribution >= 4 is 11.9 Å². The lowest BCUT2D eigenvalue weighted by atomic mass is 9.95. The summed E-state index contributed by atoms with van der Waals surface area (Å²) in [5, 5.41) is 2.87. The molecular weight excluding hydrogens is 246 g/mol. The number of rotatable bonds is 4. The van der Waals surface area contributed by atoms with Gasteiger partial charge in [0.25, 0.3) is 5.91 Å². The highest BCUT2D eigenvalue weighted by atomic mass is 16.5. The average molecular weight is 263 g/mol. The lowest BCUT2D eigenvalue weighted by Gasteiger charge is -2.22. The quantitative estimate of drug-likeness (QED) is 0.822. The van der Waals surface area contributed by atoms with Crippen molar-refractivity contribution in [3.63, 3.8) is 0 Å². The molecule has 19 heavy (non-hydrogen) atoms. The highest BCUT2D eigenvalue weighted by Gasteiger charge is 2.17. The Labute approximate surface area is 111 Å². The van der Waals surface area contributed by atoms with Crippen molar-refractivity contribution in [1.82, 2.24) is 15.3 Å². The molecular formula is C13H17N3O3. The van der Waals surface area contributed by atoms with Crippen molar-refractivity contribution in [2.75, 3.05) is 6.61 Å². The van der Waals surface area contributed by atoms with E-state index in [1.807, 2.05) is 0 Å². The van der Waals surface area contributed by atoms with E-state index in [1.54, 1.807) is 0 Å². The molecule has 0 aliphatic heterocycles. The maximum atomic E-state index is 11.6. The van der Waals surface area contributed by atoms with Crippen LogP contribution in [0.25, 0.3) is 0 Å². The third-order valence-electron chi connectivity index (χ3n) is 3.08. The molecule has 1 aromatic heterocycles. The van der Waals surface area contributed by atoms with Crippen LogP contribution in [0.3, 0.4) is 0 Å². The van der Waals surface area contributed by atoms with Crippen LogP contribution >= 0.6 is 0 Å². The molecule has 0 bridgehead atoms.